The molecule has 3 aromatic rings. The first-order valence-corrected chi connectivity index (χ1v) is 8.08. The number of ketones is 2. The average molecular weight is 318 g/mol. The molecular weight excluding hydrogens is 304 g/mol. The number of carbonyl (C=O) groups excluding carboxylic acids is 2. The lowest BCUT2D eigenvalue weighted by Gasteiger charge is -2.07. The smallest absolute Gasteiger partial charge is 0.196 e. The van der Waals surface area contributed by atoms with Gasteiger partial charge in [0, 0.05) is 11.1 Å². The molecule has 0 saturated carbocycles. The first-order chi connectivity index (χ1) is 11.3. The van der Waals surface area contributed by atoms with Gasteiger partial charge in [-0.2, -0.15) is 0 Å². The monoisotopic (exact) mass is 318 g/mol. The van der Waals surface area contributed by atoms with Crippen molar-refractivity contribution in [2.24, 2.45) is 0 Å². The van der Waals surface area contributed by atoms with Gasteiger partial charge in [-0.1, -0.05) is 66.7 Å². The van der Waals surface area contributed by atoms with Gasteiger partial charge in [0.1, 0.15) is 0 Å². The second-order valence-corrected chi connectivity index (χ2v) is 5.91. The van der Waals surface area contributed by atoms with E-state index in [-0.39, 0.29) is 11.6 Å². The first kappa shape index (κ1) is 15.1. The predicted molar refractivity (Wildman–Crippen MR) is 93.8 cm³/mol. The molecular formula is C20H14O2S. The second-order valence-electron chi connectivity index (χ2n) is 4.96. The highest BCUT2D eigenvalue weighted by Crippen LogP contribution is 2.22. The van der Waals surface area contributed by atoms with E-state index in [1.165, 1.54) is 17.4 Å². The third-order valence-corrected chi connectivity index (χ3v) is 4.29. The zero-order valence-corrected chi connectivity index (χ0v) is 13.1. The molecule has 0 unspecified atom stereocenters. The zero-order chi connectivity index (χ0) is 16.1. The van der Waals surface area contributed by atoms with Gasteiger partial charge in [-0.05, 0) is 23.1 Å². The van der Waals surface area contributed by atoms with Crippen LogP contribution in [0.15, 0.2) is 84.3 Å². The lowest BCUT2D eigenvalue weighted by molar-refractivity contribution is 0.103. The molecule has 1 heterocycles. The van der Waals surface area contributed by atoms with Gasteiger partial charge in [0.25, 0.3) is 0 Å². The lowest BCUT2D eigenvalue weighted by atomic mass is 9.95. The van der Waals surface area contributed by atoms with Crippen molar-refractivity contribution in [1.82, 2.24) is 0 Å². The summed E-state index contributed by atoms with van der Waals surface area (Å²) in [7, 11) is 0. The number of Topliss-reactive ketones (excluding diaryl/α,β-unsaturated/α-hetero) is 1. The summed E-state index contributed by atoms with van der Waals surface area (Å²) < 4.78 is 0. The predicted octanol–water partition coefficient (Wildman–Crippen LogP) is 4.90. The molecule has 0 aliphatic rings. The summed E-state index contributed by atoms with van der Waals surface area (Å²) in [4.78, 5) is 25.9. The summed E-state index contributed by atoms with van der Waals surface area (Å²) in [5.41, 5.74) is 1.73. The number of rotatable bonds is 5. The molecule has 0 saturated heterocycles. The maximum absolute atomic E-state index is 12.8. The molecule has 0 amide bonds. The standard InChI is InChI=1S/C20H14O2S/c21-18(19-12-7-13-23-19)14-17(15-8-3-1-4-9-15)20(22)16-10-5-2-6-11-16/h1-14H/b17-14+. The fourth-order valence-corrected chi connectivity index (χ4v) is 2.90. The number of benzene rings is 2. The van der Waals surface area contributed by atoms with Gasteiger partial charge in [-0.15, -0.1) is 11.3 Å². The minimum absolute atomic E-state index is 0.150. The number of hydrogen-bond acceptors (Lipinski definition) is 3. The van der Waals surface area contributed by atoms with Gasteiger partial charge in [-0.3, -0.25) is 9.59 Å². The molecule has 23 heavy (non-hydrogen) atoms. The van der Waals surface area contributed by atoms with E-state index in [2.05, 4.69) is 0 Å². The van der Waals surface area contributed by atoms with E-state index in [1.54, 1.807) is 18.2 Å². The number of carbonyl (C=O) groups is 2. The van der Waals surface area contributed by atoms with E-state index in [0.29, 0.717) is 16.0 Å². The van der Waals surface area contributed by atoms with Crippen molar-refractivity contribution >= 4 is 28.5 Å². The summed E-state index contributed by atoms with van der Waals surface area (Å²) in [6.45, 7) is 0. The van der Waals surface area contributed by atoms with E-state index < -0.39 is 0 Å². The van der Waals surface area contributed by atoms with Crippen LogP contribution in [0.2, 0.25) is 0 Å². The van der Waals surface area contributed by atoms with Crippen molar-refractivity contribution in [2.45, 2.75) is 0 Å². The van der Waals surface area contributed by atoms with Gasteiger partial charge in [0.2, 0.25) is 0 Å². The summed E-state index contributed by atoms with van der Waals surface area (Å²) in [6, 6.07) is 21.9. The van der Waals surface area contributed by atoms with E-state index >= 15 is 0 Å². The molecule has 112 valence electrons. The SMILES string of the molecule is O=C(/C(=C/C(=O)c1cccs1)c1ccccc1)c1ccccc1. The molecule has 0 N–H and O–H groups in total. The molecule has 0 bridgehead atoms. The fraction of sp³-hybridized carbons (Fsp3) is 0. The van der Waals surface area contributed by atoms with E-state index in [9.17, 15) is 9.59 Å². The Morgan fingerprint density at radius 3 is 1.91 bits per heavy atom. The molecule has 0 aliphatic heterocycles. The minimum Gasteiger partial charge on any atom is -0.289 e. The Morgan fingerprint density at radius 2 is 1.35 bits per heavy atom. The average Bonchev–Trinajstić information content (AvgIpc) is 3.15. The first-order valence-electron chi connectivity index (χ1n) is 7.20. The van der Waals surface area contributed by atoms with E-state index in [4.69, 9.17) is 0 Å². The lowest BCUT2D eigenvalue weighted by Crippen LogP contribution is -2.05. The van der Waals surface area contributed by atoms with Crippen molar-refractivity contribution < 1.29 is 9.59 Å². The summed E-state index contributed by atoms with van der Waals surface area (Å²) in [5.74, 6) is -0.301. The van der Waals surface area contributed by atoms with Crippen LogP contribution in [0.1, 0.15) is 25.6 Å². The molecule has 0 atom stereocenters. The highest BCUT2D eigenvalue weighted by atomic mass is 32.1. The molecule has 1 aromatic heterocycles. The van der Waals surface area contributed by atoms with Crippen LogP contribution in [0.5, 0.6) is 0 Å². The fourth-order valence-electron chi connectivity index (χ4n) is 2.26. The molecule has 2 nitrogen and oxygen atoms in total. The zero-order valence-electron chi connectivity index (χ0n) is 12.3. The van der Waals surface area contributed by atoms with Crippen molar-refractivity contribution in [3.63, 3.8) is 0 Å². The Labute approximate surface area is 138 Å². The third kappa shape index (κ3) is 3.52. The Kier molecular flexibility index (Phi) is 4.60. The van der Waals surface area contributed by atoms with Gasteiger partial charge in [0.05, 0.1) is 4.88 Å². The largest absolute Gasteiger partial charge is 0.289 e. The summed E-state index contributed by atoms with van der Waals surface area (Å²) in [6.07, 6.45) is 1.44. The highest BCUT2D eigenvalue weighted by molar-refractivity contribution is 7.12. The van der Waals surface area contributed by atoms with Crippen LogP contribution >= 0.6 is 11.3 Å². The van der Waals surface area contributed by atoms with E-state index in [0.717, 1.165) is 5.56 Å². The van der Waals surface area contributed by atoms with Crippen molar-refractivity contribution in [3.05, 3.63) is 100 Å². The molecule has 3 heteroatoms. The summed E-state index contributed by atoms with van der Waals surface area (Å²) in [5, 5.41) is 1.85. The second kappa shape index (κ2) is 6.99. The van der Waals surface area contributed by atoms with Crippen LogP contribution in [-0.2, 0) is 0 Å². The molecule has 0 spiro atoms. The van der Waals surface area contributed by atoms with Gasteiger partial charge in [0.15, 0.2) is 11.6 Å². The quantitative estimate of drug-likeness (QED) is 0.495. The number of allylic oxidation sites excluding steroid dienone is 2. The minimum atomic E-state index is -0.151. The molecule has 0 aliphatic carbocycles. The van der Waals surface area contributed by atoms with Crippen LogP contribution in [0.3, 0.4) is 0 Å². The maximum Gasteiger partial charge on any atom is 0.196 e. The summed E-state index contributed by atoms with van der Waals surface area (Å²) >= 11 is 1.37. The molecule has 0 radical (unpaired) electrons. The van der Waals surface area contributed by atoms with Gasteiger partial charge in [-0.25, -0.2) is 0 Å². The highest BCUT2D eigenvalue weighted by Gasteiger charge is 2.16. The molecule has 0 fully saturated rings. The maximum atomic E-state index is 12.8. The van der Waals surface area contributed by atoms with Crippen LogP contribution in [0, 0.1) is 0 Å². The van der Waals surface area contributed by atoms with Gasteiger partial charge >= 0.3 is 0 Å². The number of hydrogen-bond donors (Lipinski definition) is 0. The van der Waals surface area contributed by atoms with Crippen LogP contribution in [-0.4, -0.2) is 11.6 Å². The molecule has 2 aromatic carbocycles. The Morgan fingerprint density at radius 1 is 0.739 bits per heavy atom. The van der Waals surface area contributed by atoms with Gasteiger partial charge < -0.3 is 0 Å². The van der Waals surface area contributed by atoms with Crippen LogP contribution in [0.25, 0.3) is 5.57 Å². The van der Waals surface area contributed by atoms with Crippen LogP contribution < -0.4 is 0 Å². The van der Waals surface area contributed by atoms with E-state index in [1.807, 2.05) is 60.0 Å². The Hall–Kier alpha value is -2.78. The van der Waals surface area contributed by atoms with Crippen molar-refractivity contribution in [3.8, 4) is 0 Å². The normalized spacial score (nSPS) is 11.2. The van der Waals surface area contributed by atoms with Crippen molar-refractivity contribution in [2.75, 3.05) is 0 Å². The van der Waals surface area contributed by atoms with Crippen molar-refractivity contribution in [1.29, 1.82) is 0 Å². The Balaban J connectivity index is 2.04. The third-order valence-electron chi connectivity index (χ3n) is 3.40. The van der Waals surface area contributed by atoms with Crippen LogP contribution in [0.4, 0.5) is 0 Å². The number of thiophene rings is 1. The molecule has 3 rings (SSSR count). The topological polar surface area (TPSA) is 34.1 Å². The Bertz CT molecular complexity index is 832.